The summed E-state index contributed by atoms with van der Waals surface area (Å²) in [6.07, 6.45) is 0.664. The van der Waals surface area contributed by atoms with Gasteiger partial charge in [0.25, 0.3) is 0 Å². The first-order chi connectivity index (χ1) is 9.69. The van der Waals surface area contributed by atoms with Gasteiger partial charge < -0.3 is 5.32 Å². The molecular weight excluding hydrogens is 258 g/mol. The van der Waals surface area contributed by atoms with E-state index in [4.69, 9.17) is 5.26 Å². The molecule has 20 heavy (non-hydrogen) atoms. The van der Waals surface area contributed by atoms with Gasteiger partial charge in [-0.05, 0) is 48.9 Å². The lowest BCUT2D eigenvalue weighted by Crippen LogP contribution is -2.17. The lowest BCUT2D eigenvalue weighted by Gasteiger charge is -2.07. The molecule has 2 aromatic carbocycles. The van der Waals surface area contributed by atoms with Crippen molar-refractivity contribution < 1.29 is 8.78 Å². The first-order valence-corrected chi connectivity index (χ1v) is 6.33. The second-order valence-corrected chi connectivity index (χ2v) is 4.47. The standard InChI is InChI=1S/C16H14F2N2/c17-15-3-1-2-12(9-15)6-7-20-11-14-8-13(10-19)4-5-16(14)18/h1-5,8-9,20H,6-7,11H2. The monoisotopic (exact) mass is 272 g/mol. The highest BCUT2D eigenvalue weighted by Crippen LogP contribution is 2.10. The topological polar surface area (TPSA) is 35.8 Å². The molecule has 2 aromatic rings. The Balaban J connectivity index is 1.86. The third-order valence-corrected chi connectivity index (χ3v) is 2.97. The van der Waals surface area contributed by atoms with Crippen LogP contribution in [0, 0.1) is 23.0 Å². The molecule has 4 heteroatoms. The molecule has 0 aromatic heterocycles. The molecule has 0 heterocycles. The van der Waals surface area contributed by atoms with Crippen LogP contribution in [-0.2, 0) is 13.0 Å². The lowest BCUT2D eigenvalue weighted by atomic mass is 10.1. The van der Waals surface area contributed by atoms with Crippen LogP contribution in [0.15, 0.2) is 42.5 Å². The van der Waals surface area contributed by atoms with E-state index in [2.05, 4.69) is 5.32 Å². The lowest BCUT2D eigenvalue weighted by molar-refractivity contribution is 0.587. The van der Waals surface area contributed by atoms with Crippen LogP contribution in [0.2, 0.25) is 0 Å². The summed E-state index contributed by atoms with van der Waals surface area (Å²) in [6, 6.07) is 12.7. The number of rotatable bonds is 5. The molecule has 2 rings (SSSR count). The molecule has 0 atom stereocenters. The number of hydrogen-bond acceptors (Lipinski definition) is 2. The number of halogens is 2. The summed E-state index contributed by atoms with van der Waals surface area (Å²) in [5.74, 6) is -0.586. The van der Waals surface area contributed by atoms with Gasteiger partial charge in [-0.3, -0.25) is 0 Å². The summed E-state index contributed by atoms with van der Waals surface area (Å²) in [5, 5.41) is 11.9. The van der Waals surface area contributed by atoms with Gasteiger partial charge in [-0.15, -0.1) is 0 Å². The average molecular weight is 272 g/mol. The minimum Gasteiger partial charge on any atom is -0.312 e. The maximum Gasteiger partial charge on any atom is 0.127 e. The zero-order valence-electron chi connectivity index (χ0n) is 10.9. The van der Waals surface area contributed by atoms with Gasteiger partial charge in [0.05, 0.1) is 11.6 Å². The second kappa shape index (κ2) is 6.78. The normalized spacial score (nSPS) is 10.2. The molecule has 0 radical (unpaired) electrons. The highest BCUT2D eigenvalue weighted by atomic mass is 19.1. The predicted molar refractivity (Wildman–Crippen MR) is 72.9 cm³/mol. The fourth-order valence-corrected chi connectivity index (χ4v) is 1.93. The van der Waals surface area contributed by atoms with Crippen molar-refractivity contribution in [2.24, 2.45) is 0 Å². The van der Waals surface area contributed by atoms with Gasteiger partial charge >= 0.3 is 0 Å². The van der Waals surface area contributed by atoms with E-state index in [1.54, 1.807) is 6.07 Å². The molecule has 0 fully saturated rings. The molecule has 0 amide bonds. The predicted octanol–water partition coefficient (Wildman–Crippen LogP) is 3.17. The van der Waals surface area contributed by atoms with Gasteiger partial charge in [0.15, 0.2) is 0 Å². The van der Waals surface area contributed by atoms with E-state index in [-0.39, 0.29) is 11.6 Å². The molecule has 0 bridgehead atoms. The van der Waals surface area contributed by atoms with E-state index in [0.29, 0.717) is 30.6 Å². The first-order valence-electron chi connectivity index (χ1n) is 6.33. The van der Waals surface area contributed by atoms with E-state index in [1.165, 1.54) is 30.3 Å². The Labute approximate surface area is 116 Å². The van der Waals surface area contributed by atoms with Gasteiger partial charge in [0.1, 0.15) is 11.6 Å². The summed E-state index contributed by atoms with van der Waals surface area (Å²) in [6.45, 7) is 0.955. The Morgan fingerprint density at radius 3 is 2.70 bits per heavy atom. The molecule has 0 unspecified atom stereocenters. The van der Waals surface area contributed by atoms with Crippen LogP contribution in [0.4, 0.5) is 8.78 Å². The number of nitrogens with one attached hydrogen (secondary N) is 1. The molecule has 0 aliphatic carbocycles. The van der Waals surface area contributed by atoms with Crippen molar-refractivity contribution in [1.29, 1.82) is 5.26 Å². The molecule has 1 N–H and O–H groups in total. The Kier molecular flexibility index (Phi) is 4.80. The van der Waals surface area contributed by atoms with Crippen LogP contribution in [-0.4, -0.2) is 6.54 Å². The van der Waals surface area contributed by atoms with Crippen molar-refractivity contribution in [3.63, 3.8) is 0 Å². The smallest absolute Gasteiger partial charge is 0.127 e. The number of benzene rings is 2. The number of nitrogens with zero attached hydrogens (tertiary/aromatic N) is 1. The van der Waals surface area contributed by atoms with Gasteiger partial charge in [-0.25, -0.2) is 8.78 Å². The summed E-state index contributed by atoms with van der Waals surface area (Å²) in [4.78, 5) is 0. The van der Waals surface area contributed by atoms with Crippen LogP contribution < -0.4 is 5.32 Å². The SMILES string of the molecule is N#Cc1ccc(F)c(CNCCc2cccc(F)c2)c1. The van der Waals surface area contributed by atoms with Crippen molar-refractivity contribution in [2.45, 2.75) is 13.0 Å². The molecule has 0 saturated carbocycles. The largest absolute Gasteiger partial charge is 0.312 e. The molecule has 0 saturated heterocycles. The Morgan fingerprint density at radius 1 is 1.10 bits per heavy atom. The highest BCUT2D eigenvalue weighted by molar-refractivity contribution is 5.33. The zero-order chi connectivity index (χ0) is 14.4. The molecule has 0 aliphatic rings. The van der Waals surface area contributed by atoms with E-state index in [9.17, 15) is 8.78 Å². The van der Waals surface area contributed by atoms with Crippen LogP contribution >= 0.6 is 0 Å². The second-order valence-electron chi connectivity index (χ2n) is 4.47. The van der Waals surface area contributed by atoms with Gasteiger partial charge in [-0.2, -0.15) is 5.26 Å². The Hall–Kier alpha value is -2.25. The molecule has 0 aliphatic heterocycles. The Bertz CT molecular complexity index is 633. The van der Waals surface area contributed by atoms with Gasteiger partial charge in [-0.1, -0.05) is 12.1 Å². The maximum absolute atomic E-state index is 13.5. The average Bonchev–Trinajstić information content (AvgIpc) is 2.45. The van der Waals surface area contributed by atoms with E-state index >= 15 is 0 Å². The third-order valence-electron chi connectivity index (χ3n) is 2.97. The van der Waals surface area contributed by atoms with Crippen LogP contribution in [0.25, 0.3) is 0 Å². The van der Waals surface area contributed by atoms with Crippen LogP contribution in [0.5, 0.6) is 0 Å². The number of nitriles is 1. The zero-order valence-corrected chi connectivity index (χ0v) is 10.9. The van der Waals surface area contributed by atoms with Crippen LogP contribution in [0.1, 0.15) is 16.7 Å². The first kappa shape index (κ1) is 14.2. The van der Waals surface area contributed by atoms with Crippen LogP contribution in [0.3, 0.4) is 0 Å². The fourth-order valence-electron chi connectivity index (χ4n) is 1.93. The van der Waals surface area contributed by atoms with Crippen molar-refractivity contribution in [3.8, 4) is 6.07 Å². The van der Waals surface area contributed by atoms with Crippen molar-refractivity contribution in [1.82, 2.24) is 5.32 Å². The minimum atomic E-state index is -0.331. The van der Waals surface area contributed by atoms with E-state index < -0.39 is 0 Å². The summed E-state index contributed by atoms with van der Waals surface area (Å²) >= 11 is 0. The summed E-state index contributed by atoms with van der Waals surface area (Å²) in [5.41, 5.74) is 1.79. The van der Waals surface area contributed by atoms with Crippen molar-refractivity contribution in [3.05, 3.63) is 70.8 Å². The van der Waals surface area contributed by atoms with Gasteiger partial charge in [0.2, 0.25) is 0 Å². The molecule has 2 nitrogen and oxygen atoms in total. The maximum atomic E-state index is 13.5. The fraction of sp³-hybridized carbons (Fsp3) is 0.188. The highest BCUT2D eigenvalue weighted by Gasteiger charge is 2.03. The Morgan fingerprint density at radius 2 is 1.95 bits per heavy atom. The quantitative estimate of drug-likeness (QED) is 0.849. The summed E-state index contributed by atoms with van der Waals surface area (Å²) < 4.78 is 26.5. The molecule has 102 valence electrons. The third kappa shape index (κ3) is 3.87. The molecular formula is C16H14F2N2. The number of hydrogen-bond donors (Lipinski definition) is 1. The van der Waals surface area contributed by atoms with Crippen molar-refractivity contribution >= 4 is 0 Å². The van der Waals surface area contributed by atoms with E-state index in [0.717, 1.165) is 5.56 Å². The minimum absolute atomic E-state index is 0.254. The van der Waals surface area contributed by atoms with E-state index in [1.807, 2.05) is 12.1 Å². The summed E-state index contributed by atoms with van der Waals surface area (Å²) in [7, 11) is 0. The molecule has 0 spiro atoms. The van der Waals surface area contributed by atoms with Gasteiger partial charge in [0, 0.05) is 12.1 Å². The van der Waals surface area contributed by atoms with Crippen molar-refractivity contribution in [2.75, 3.05) is 6.54 Å².